The van der Waals surface area contributed by atoms with Crippen LogP contribution < -0.4 is 15.4 Å². The first-order valence-corrected chi connectivity index (χ1v) is 8.54. The Morgan fingerprint density at radius 1 is 1.33 bits per heavy atom. The molecule has 1 aromatic carbocycles. The van der Waals surface area contributed by atoms with Gasteiger partial charge in [0.1, 0.15) is 4.90 Å². The van der Waals surface area contributed by atoms with E-state index in [-0.39, 0.29) is 10.6 Å². The number of nitrogens with zero attached hydrogens (tertiary/aromatic N) is 1. The summed E-state index contributed by atoms with van der Waals surface area (Å²) in [7, 11) is -2.17. The number of aliphatic hydroxyl groups is 1. The van der Waals surface area contributed by atoms with Crippen molar-refractivity contribution in [3.05, 3.63) is 18.2 Å². The van der Waals surface area contributed by atoms with Crippen molar-refractivity contribution in [3.63, 3.8) is 0 Å². The molecule has 1 aromatic rings. The first-order chi connectivity index (χ1) is 9.75. The SMILES string of the molecule is CNS(=O)(=O)c1ccc(N2CCCC(C)(O)CC2)cc1N. The van der Waals surface area contributed by atoms with Crippen LogP contribution in [0, 0.1) is 0 Å². The molecule has 0 radical (unpaired) electrons. The Hall–Kier alpha value is -1.31. The molecule has 0 bridgehead atoms. The average Bonchev–Trinajstić information content (AvgIpc) is 2.59. The summed E-state index contributed by atoms with van der Waals surface area (Å²) in [6.45, 7) is 3.41. The number of nitrogen functional groups attached to an aromatic ring is 1. The first-order valence-electron chi connectivity index (χ1n) is 7.06. The summed E-state index contributed by atoms with van der Waals surface area (Å²) in [6.07, 6.45) is 2.35. The molecule has 1 fully saturated rings. The van der Waals surface area contributed by atoms with Gasteiger partial charge in [-0.1, -0.05) is 0 Å². The molecule has 2 rings (SSSR count). The van der Waals surface area contributed by atoms with Gasteiger partial charge in [-0.05, 0) is 51.4 Å². The van der Waals surface area contributed by atoms with E-state index < -0.39 is 15.6 Å². The van der Waals surface area contributed by atoms with Gasteiger partial charge in [-0.25, -0.2) is 13.1 Å². The standard InChI is InChI=1S/C14H23N3O3S/c1-14(18)6-3-8-17(9-7-14)11-4-5-13(12(15)10-11)21(19,20)16-2/h4-5,10,16,18H,3,6-9,15H2,1-2H3. The zero-order valence-corrected chi connectivity index (χ0v) is 13.3. The Morgan fingerprint density at radius 3 is 2.67 bits per heavy atom. The third-order valence-electron chi connectivity index (χ3n) is 3.98. The second-order valence-corrected chi connectivity index (χ2v) is 7.62. The third-order valence-corrected chi connectivity index (χ3v) is 5.47. The highest BCUT2D eigenvalue weighted by atomic mass is 32.2. The zero-order chi connectivity index (χ0) is 15.7. The molecule has 1 atom stereocenters. The van der Waals surface area contributed by atoms with Crippen LogP contribution in [0.15, 0.2) is 23.1 Å². The van der Waals surface area contributed by atoms with Crippen molar-refractivity contribution in [2.45, 2.75) is 36.7 Å². The highest BCUT2D eigenvalue weighted by Gasteiger charge is 2.25. The van der Waals surface area contributed by atoms with Crippen LogP contribution in [0.4, 0.5) is 11.4 Å². The molecule has 0 amide bonds. The van der Waals surface area contributed by atoms with Gasteiger partial charge in [0.2, 0.25) is 10.0 Å². The molecule has 1 unspecified atom stereocenters. The number of hydrogen-bond donors (Lipinski definition) is 3. The lowest BCUT2D eigenvalue weighted by atomic mass is 9.98. The molecular weight excluding hydrogens is 290 g/mol. The molecule has 1 aliphatic heterocycles. The Balaban J connectivity index is 2.24. The number of nitrogens with two attached hydrogens (primary N) is 1. The molecule has 118 valence electrons. The number of anilines is 2. The molecule has 1 aliphatic rings. The number of hydrogen-bond acceptors (Lipinski definition) is 5. The molecule has 0 aliphatic carbocycles. The van der Waals surface area contributed by atoms with Crippen molar-refractivity contribution >= 4 is 21.4 Å². The van der Waals surface area contributed by atoms with E-state index in [1.807, 2.05) is 6.92 Å². The summed E-state index contributed by atoms with van der Waals surface area (Å²) < 4.78 is 25.9. The minimum Gasteiger partial charge on any atom is -0.398 e. The molecule has 21 heavy (non-hydrogen) atoms. The smallest absolute Gasteiger partial charge is 0.242 e. The second kappa shape index (κ2) is 5.82. The summed E-state index contributed by atoms with van der Waals surface area (Å²) in [5.41, 5.74) is 6.38. The maximum absolute atomic E-state index is 11.8. The van der Waals surface area contributed by atoms with Gasteiger partial charge in [0.15, 0.2) is 0 Å². The third kappa shape index (κ3) is 3.66. The van der Waals surface area contributed by atoms with E-state index in [4.69, 9.17) is 5.73 Å². The van der Waals surface area contributed by atoms with Crippen molar-refractivity contribution in [2.75, 3.05) is 30.8 Å². The predicted molar refractivity (Wildman–Crippen MR) is 83.8 cm³/mol. The highest BCUT2D eigenvalue weighted by molar-refractivity contribution is 7.89. The summed E-state index contributed by atoms with van der Waals surface area (Å²) in [5, 5.41) is 10.1. The lowest BCUT2D eigenvalue weighted by molar-refractivity contribution is 0.0481. The van der Waals surface area contributed by atoms with E-state index in [0.29, 0.717) is 6.42 Å². The number of rotatable bonds is 3. The van der Waals surface area contributed by atoms with Gasteiger partial charge in [-0.15, -0.1) is 0 Å². The largest absolute Gasteiger partial charge is 0.398 e. The van der Waals surface area contributed by atoms with Crippen molar-refractivity contribution in [1.82, 2.24) is 4.72 Å². The van der Waals surface area contributed by atoms with E-state index in [0.717, 1.165) is 31.6 Å². The molecule has 1 saturated heterocycles. The zero-order valence-electron chi connectivity index (χ0n) is 12.5. The Morgan fingerprint density at radius 2 is 2.05 bits per heavy atom. The van der Waals surface area contributed by atoms with Gasteiger partial charge >= 0.3 is 0 Å². The first kappa shape index (κ1) is 16.1. The highest BCUT2D eigenvalue weighted by Crippen LogP contribution is 2.28. The number of nitrogens with one attached hydrogen (secondary N) is 1. The van der Waals surface area contributed by atoms with Crippen molar-refractivity contribution in [3.8, 4) is 0 Å². The van der Waals surface area contributed by atoms with Gasteiger partial charge in [0.05, 0.1) is 11.3 Å². The average molecular weight is 313 g/mol. The summed E-state index contributed by atoms with van der Waals surface area (Å²) in [6, 6.07) is 4.98. The van der Waals surface area contributed by atoms with Crippen LogP contribution in [0.3, 0.4) is 0 Å². The Kier molecular flexibility index (Phi) is 4.46. The Bertz CT molecular complexity index is 614. The van der Waals surface area contributed by atoms with E-state index in [1.54, 1.807) is 12.1 Å². The molecule has 4 N–H and O–H groups in total. The lowest BCUT2D eigenvalue weighted by Gasteiger charge is -2.25. The normalized spacial score (nSPS) is 23.9. The molecule has 0 spiro atoms. The van der Waals surface area contributed by atoms with E-state index in [9.17, 15) is 13.5 Å². The molecule has 0 aromatic heterocycles. The lowest BCUT2D eigenvalue weighted by Crippen LogP contribution is -2.28. The van der Waals surface area contributed by atoms with Gasteiger partial charge in [-0.3, -0.25) is 0 Å². The minimum absolute atomic E-state index is 0.0931. The molecule has 7 heteroatoms. The number of benzene rings is 1. The van der Waals surface area contributed by atoms with Crippen molar-refractivity contribution in [1.29, 1.82) is 0 Å². The molecular formula is C14H23N3O3S. The van der Waals surface area contributed by atoms with E-state index >= 15 is 0 Å². The van der Waals surface area contributed by atoms with Gasteiger partial charge < -0.3 is 15.7 Å². The maximum atomic E-state index is 11.8. The monoisotopic (exact) mass is 313 g/mol. The maximum Gasteiger partial charge on any atom is 0.242 e. The van der Waals surface area contributed by atoms with Crippen LogP contribution in [0.1, 0.15) is 26.2 Å². The summed E-state index contributed by atoms with van der Waals surface area (Å²) >= 11 is 0. The fraction of sp³-hybridized carbons (Fsp3) is 0.571. The predicted octanol–water partition coefficient (Wildman–Crippen LogP) is 0.918. The van der Waals surface area contributed by atoms with Crippen LogP contribution in [-0.2, 0) is 10.0 Å². The second-order valence-electron chi connectivity index (χ2n) is 5.77. The number of sulfonamides is 1. The van der Waals surface area contributed by atoms with Gasteiger partial charge in [-0.2, -0.15) is 0 Å². The topological polar surface area (TPSA) is 95.7 Å². The fourth-order valence-electron chi connectivity index (χ4n) is 2.61. The minimum atomic E-state index is -3.54. The summed E-state index contributed by atoms with van der Waals surface area (Å²) in [5.74, 6) is 0. The van der Waals surface area contributed by atoms with Gasteiger partial charge in [0.25, 0.3) is 0 Å². The van der Waals surface area contributed by atoms with Crippen molar-refractivity contribution < 1.29 is 13.5 Å². The summed E-state index contributed by atoms with van der Waals surface area (Å²) in [4.78, 5) is 2.23. The van der Waals surface area contributed by atoms with E-state index in [1.165, 1.54) is 13.1 Å². The Labute approximate surface area is 126 Å². The van der Waals surface area contributed by atoms with E-state index in [2.05, 4.69) is 9.62 Å². The van der Waals surface area contributed by atoms with Crippen LogP contribution in [0.25, 0.3) is 0 Å². The quantitative estimate of drug-likeness (QED) is 0.721. The van der Waals surface area contributed by atoms with Crippen molar-refractivity contribution in [2.24, 2.45) is 0 Å². The van der Waals surface area contributed by atoms with Crippen LogP contribution in [0.5, 0.6) is 0 Å². The van der Waals surface area contributed by atoms with Gasteiger partial charge in [0, 0.05) is 18.8 Å². The van der Waals surface area contributed by atoms with Crippen LogP contribution >= 0.6 is 0 Å². The molecule has 6 nitrogen and oxygen atoms in total. The molecule has 1 heterocycles. The van der Waals surface area contributed by atoms with Crippen LogP contribution in [0.2, 0.25) is 0 Å². The van der Waals surface area contributed by atoms with Crippen LogP contribution in [-0.4, -0.2) is 39.3 Å². The fourth-order valence-corrected chi connectivity index (χ4v) is 3.45. The molecule has 0 saturated carbocycles.